The average Bonchev–Trinajstić information content (AvgIpc) is 3.20. The third kappa shape index (κ3) is 2.67. The first-order valence-corrected chi connectivity index (χ1v) is 7.66. The Bertz CT molecular complexity index is 763. The van der Waals surface area contributed by atoms with E-state index in [4.69, 9.17) is 9.26 Å². The Morgan fingerprint density at radius 3 is 3.22 bits per heavy atom. The van der Waals surface area contributed by atoms with E-state index < -0.39 is 0 Å². The van der Waals surface area contributed by atoms with Crippen LogP contribution in [0.1, 0.15) is 30.3 Å². The number of aryl methyl sites for hydroxylation is 1. The van der Waals surface area contributed by atoms with Gasteiger partial charge in [-0.25, -0.2) is 4.68 Å². The summed E-state index contributed by atoms with van der Waals surface area (Å²) in [6.07, 6.45) is 3.28. The molecule has 0 spiro atoms. The zero-order chi connectivity index (χ0) is 15.8. The standard InChI is InChI=1S/C14H17N5O4/c20-13-5-10(23-16-13)1-2-14(21)18-4-3-12-11(7-18)19-9(8-22-12)6-15-17-19/h5-6,11-12H,1-4,7-8H2,(H,16,20)/t11-,12-/m0/s1. The lowest BCUT2D eigenvalue weighted by atomic mass is 10.00. The van der Waals surface area contributed by atoms with Crippen molar-refractivity contribution in [2.45, 2.75) is 38.0 Å². The van der Waals surface area contributed by atoms with Crippen LogP contribution in [-0.4, -0.2) is 50.2 Å². The van der Waals surface area contributed by atoms with Crippen LogP contribution in [0.25, 0.3) is 0 Å². The molecular weight excluding hydrogens is 302 g/mol. The normalized spacial score (nSPS) is 23.4. The second kappa shape index (κ2) is 5.65. The van der Waals surface area contributed by atoms with E-state index in [1.54, 1.807) is 6.20 Å². The molecule has 0 unspecified atom stereocenters. The molecule has 23 heavy (non-hydrogen) atoms. The molecule has 1 saturated heterocycles. The molecule has 4 rings (SSSR count). The predicted octanol–water partition coefficient (Wildman–Crippen LogP) is -0.136. The lowest BCUT2D eigenvalue weighted by Crippen LogP contribution is -2.49. The fraction of sp³-hybridized carbons (Fsp3) is 0.571. The number of aromatic amines is 1. The van der Waals surface area contributed by atoms with E-state index in [-0.39, 0.29) is 23.6 Å². The van der Waals surface area contributed by atoms with Gasteiger partial charge in [-0.2, -0.15) is 5.16 Å². The van der Waals surface area contributed by atoms with Crippen molar-refractivity contribution in [3.05, 3.63) is 34.1 Å². The summed E-state index contributed by atoms with van der Waals surface area (Å²) in [4.78, 5) is 25.2. The van der Waals surface area contributed by atoms with Gasteiger partial charge in [0.2, 0.25) is 5.91 Å². The number of rotatable bonds is 3. The number of piperidine rings is 1. The summed E-state index contributed by atoms with van der Waals surface area (Å²) in [5.74, 6) is 0.539. The van der Waals surface area contributed by atoms with Gasteiger partial charge in [0.25, 0.3) is 5.56 Å². The topological polar surface area (TPSA) is 106 Å². The highest BCUT2D eigenvalue weighted by atomic mass is 16.5. The Labute approximate surface area is 131 Å². The molecule has 9 nitrogen and oxygen atoms in total. The molecule has 0 radical (unpaired) electrons. The first kappa shape index (κ1) is 14.2. The summed E-state index contributed by atoms with van der Waals surface area (Å²) in [5.41, 5.74) is 0.654. The van der Waals surface area contributed by atoms with Crippen molar-refractivity contribution in [3.63, 3.8) is 0 Å². The second-order valence-corrected chi connectivity index (χ2v) is 5.89. The van der Waals surface area contributed by atoms with Crippen LogP contribution in [0.5, 0.6) is 0 Å². The number of amides is 1. The minimum atomic E-state index is -0.286. The number of carbonyl (C=O) groups excluding carboxylic acids is 1. The van der Waals surface area contributed by atoms with Gasteiger partial charge in [0.15, 0.2) is 0 Å². The molecule has 2 aliphatic heterocycles. The number of nitrogens with one attached hydrogen (secondary N) is 1. The van der Waals surface area contributed by atoms with Crippen LogP contribution < -0.4 is 5.56 Å². The van der Waals surface area contributed by atoms with E-state index >= 15 is 0 Å². The maximum Gasteiger partial charge on any atom is 0.280 e. The maximum absolute atomic E-state index is 12.4. The lowest BCUT2D eigenvalue weighted by Gasteiger charge is -2.41. The molecule has 0 aromatic carbocycles. The van der Waals surface area contributed by atoms with Crippen LogP contribution in [0, 0.1) is 0 Å². The molecule has 1 fully saturated rings. The summed E-state index contributed by atoms with van der Waals surface area (Å²) in [6.45, 7) is 1.76. The Balaban J connectivity index is 1.41. The average molecular weight is 319 g/mol. The van der Waals surface area contributed by atoms with Crippen LogP contribution in [0.4, 0.5) is 0 Å². The molecule has 0 bridgehead atoms. The number of fused-ring (bicyclic) bond motifs is 3. The molecule has 2 atom stereocenters. The first-order chi connectivity index (χ1) is 11.2. The van der Waals surface area contributed by atoms with Crippen molar-refractivity contribution in [1.82, 2.24) is 25.1 Å². The van der Waals surface area contributed by atoms with Crippen molar-refractivity contribution in [2.24, 2.45) is 0 Å². The molecule has 9 heteroatoms. The van der Waals surface area contributed by atoms with Crippen LogP contribution in [-0.2, 0) is 22.6 Å². The number of likely N-dealkylation sites (tertiary alicyclic amines) is 1. The summed E-state index contributed by atoms with van der Waals surface area (Å²) >= 11 is 0. The Morgan fingerprint density at radius 1 is 1.48 bits per heavy atom. The largest absolute Gasteiger partial charge is 0.384 e. The zero-order valence-corrected chi connectivity index (χ0v) is 12.5. The zero-order valence-electron chi connectivity index (χ0n) is 12.5. The van der Waals surface area contributed by atoms with Gasteiger partial charge in [0, 0.05) is 32.0 Å². The van der Waals surface area contributed by atoms with E-state index in [1.165, 1.54) is 6.07 Å². The van der Waals surface area contributed by atoms with Gasteiger partial charge in [-0.05, 0) is 6.42 Å². The molecular formula is C14H17N5O4. The summed E-state index contributed by atoms with van der Waals surface area (Å²) in [6, 6.07) is 1.39. The number of aromatic nitrogens is 4. The van der Waals surface area contributed by atoms with Gasteiger partial charge in [-0.15, -0.1) is 5.10 Å². The van der Waals surface area contributed by atoms with Gasteiger partial charge < -0.3 is 14.2 Å². The molecule has 1 N–H and O–H groups in total. The molecule has 4 heterocycles. The fourth-order valence-corrected chi connectivity index (χ4v) is 3.24. The summed E-state index contributed by atoms with van der Waals surface area (Å²) in [7, 11) is 0. The van der Waals surface area contributed by atoms with Crippen LogP contribution in [0.3, 0.4) is 0 Å². The molecule has 0 aliphatic carbocycles. The van der Waals surface area contributed by atoms with Gasteiger partial charge in [-0.1, -0.05) is 5.21 Å². The van der Waals surface area contributed by atoms with Crippen LogP contribution >= 0.6 is 0 Å². The van der Waals surface area contributed by atoms with Crippen LogP contribution in [0.15, 0.2) is 21.6 Å². The third-order valence-corrected chi connectivity index (χ3v) is 4.44. The van der Waals surface area contributed by atoms with E-state index in [0.29, 0.717) is 38.3 Å². The molecule has 2 aromatic heterocycles. The quantitative estimate of drug-likeness (QED) is 0.844. The summed E-state index contributed by atoms with van der Waals surface area (Å²) < 4.78 is 12.7. The number of hydrogen-bond acceptors (Lipinski definition) is 6. The Hall–Kier alpha value is -2.42. The number of carbonyl (C=O) groups is 1. The van der Waals surface area contributed by atoms with Gasteiger partial charge in [0.1, 0.15) is 5.76 Å². The number of hydrogen-bond donors (Lipinski definition) is 1. The SMILES string of the molecule is O=C(CCc1cc(=O)[nH]o1)N1CC[C@@H]2OCc3cnnn3[C@H]2C1. The number of ether oxygens (including phenoxy) is 1. The predicted molar refractivity (Wildman–Crippen MR) is 76.5 cm³/mol. The van der Waals surface area contributed by atoms with Crippen molar-refractivity contribution < 1.29 is 14.1 Å². The Morgan fingerprint density at radius 2 is 2.39 bits per heavy atom. The van der Waals surface area contributed by atoms with Crippen molar-refractivity contribution in [1.29, 1.82) is 0 Å². The highest BCUT2D eigenvalue weighted by Crippen LogP contribution is 2.30. The smallest absolute Gasteiger partial charge is 0.280 e. The molecule has 122 valence electrons. The number of H-pyrrole nitrogens is 1. The van der Waals surface area contributed by atoms with Crippen molar-refractivity contribution >= 4 is 5.91 Å². The molecule has 2 aromatic rings. The van der Waals surface area contributed by atoms with E-state index in [0.717, 1.165) is 12.1 Å². The van der Waals surface area contributed by atoms with Crippen LogP contribution in [0.2, 0.25) is 0 Å². The number of nitrogens with zero attached hydrogens (tertiary/aromatic N) is 4. The summed E-state index contributed by atoms with van der Waals surface area (Å²) in [5, 5.41) is 10.3. The Kier molecular flexibility index (Phi) is 3.49. The van der Waals surface area contributed by atoms with Gasteiger partial charge in [0.05, 0.1) is 30.6 Å². The minimum absolute atomic E-state index is 0.0177. The van der Waals surface area contributed by atoms with E-state index in [9.17, 15) is 9.59 Å². The van der Waals surface area contributed by atoms with Gasteiger partial charge in [-0.3, -0.25) is 9.59 Å². The molecule has 2 aliphatic rings. The van der Waals surface area contributed by atoms with E-state index in [2.05, 4.69) is 15.5 Å². The van der Waals surface area contributed by atoms with E-state index in [1.807, 2.05) is 9.58 Å². The van der Waals surface area contributed by atoms with Crippen molar-refractivity contribution in [3.8, 4) is 0 Å². The third-order valence-electron chi connectivity index (χ3n) is 4.44. The lowest BCUT2D eigenvalue weighted by molar-refractivity contribution is -0.138. The molecule has 1 amide bonds. The fourth-order valence-electron chi connectivity index (χ4n) is 3.24. The maximum atomic E-state index is 12.4. The first-order valence-electron chi connectivity index (χ1n) is 7.66. The van der Waals surface area contributed by atoms with Crippen molar-refractivity contribution in [2.75, 3.05) is 13.1 Å². The van der Waals surface area contributed by atoms with Gasteiger partial charge >= 0.3 is 0 Å². The highest BCUT2D eigenvalue weighted by molar-refractivity contribution is 5.76. The second-order valence-electron chi connectivity index (χ2n) is 5.89. The minimum Gasteiger partial charge on any atom is -0.384 e. The molecule has 0 saturated carbocycles. The monoisotopic (exact) mass is 319 g/mol. The highest BCUT2D eigenvalue weighted by Gasteiger charge is 2.37.